The number of piperidine rings is 1. The molecule has 1 saturated heterocycles. The molecule has 5 rings (SSSR count). The monoisotopic (exact) mass is 645 g/mol. The van der Waals surface area contributed by atoms with Gasteiger partial charge in [0.05, 0.1) is 11.0 Å². The number of hydrogen-bond donors (Lipinski definition) is 2. The zero-order chi connectivity index (χ0) is 33.2. The number of methoxy groups -OCH3 is 1. The number of benzene rings is 2. The highest BCUT2D eigenvalue weighted by Crippen LogP contribution is 2.30. The second kappa shape index (κ2) is 16.6. The van der Waals surface area contributed by atoms with Crippen molar-refractivity contribution in [2.45, 2.75) is 122 Å². The Morgan fingerprint density at radius 1 is 0.979 bits per heavy atom. The molecule has 0 radical (unpaired) electrons. The van der Waals surface area contributed by atoms with Gasteiger partial charge in [0.1, 0.15) is 11.4 Å². The van der Waals surface area contributed by atoms with E-state index in [2.05, 4.69) is 57.7 Å². The van der Waals surface area contributed by atoms with Crippen molar-refractivity contribution >= 4 is 23.0 Å². The lowest BCUT2D eigenvalue weighted by Gasteiger charge is -2.34. The third kappa shape index (κ3) is 10.3. The summed E-state index contributed by atoms with van der Waals surface area (Å²) in [5.41, 5.74) is 3.82. The average Bonchev–Trinajstić information content (AvgIpc) is 3.43. The zero-order valence-electron chi connectivity index (χ0n) is 28.9. The van der Waals surface area contributed by atoms with Crippen molar-refractivity contribution in [3.05, 3.63) is 65.5 Å². The van der Waals surface area contributed by atoms with Crippen LogP contribution in [0.5, 0.6) is 0 Å². The Balaban J connectivity index is 1.25. The van der Waals surface area contributed by atoms with Gasteiger partial charge in [0.2, 0.25) is 5.91 Å². The van der Waals surface area contributed by atoms with Gasteiger partial charge in [-0.2, -0.15) is 0 Å². The second-order valence-corrected chi connectivity index (χ2v) is 14.4. The summed E-state index contributed by atoms with van der Waals surface area (Å²) in [6.45, 7) is 9.25. The largest absolute Gasteiger partial charge is 0.444 e. The number of rotatable bonds is 13. The number of fused-ring (bicyclic) bond motifs is 1. The number of aryl methyl sites for hydroxylation is 1. The molecule has 0 bridgehead atoms. The van der Waals surface area contributed by atoms with Gasteiger partial charge in [0, 0.05) is 64.3 Å². The van der Waals surface area contributed by atoms with Gasteiger partial charge in [-0.3, -0.25) is 4.79 Å². The number of alkyl carbamates (subject to hydrolysis) is 1. The van der Waals surface area contributed by atoms with Gasteiger partial charge in [-0.25, -0.2) is 9.78 Å². The highest BCUT2D eigenvalue weighted by Gasteiger charge is 2.30. The SMILES string of the molecule is COCCCn1c([C@@H]2CCCN(C(=O)C[C@@H](Cc3ccc(CNC4CCCCC4)cc3)NC(=O)OC(C)(C)C)C2)nc2ccccc21. The molecule has 2 aliphatic rings. The Morgan fingerprint density at radius 3 is 2.47 bits per heavy atom. The van der Waals surface area contributed by atoms with E-state index in [4.69, 9.17) is 14.5 Å². The molecule has 2 atom stereocenters. The lowest BCUT2D eigenvalue weighted by molar-refractivity contribution is -0.132. The van der Waals surface area contributed by atoms with Crippen LogP contribution in [0.2, 0.25) is 0 Å². The topological polar surface area (TPSA) is 97.7 Å². The quantitative estimate of drug-likeness (QED) is 0.200. The molecule has 0 unspecified atom stereocenters. The van der Waals surface area contributed by atoms with E-state index in [9.17, 15) is 9.59 Å². The smallest absolute Gasteiger partial charge is 0.407 e. The van der Waals surface area contributed by atoms with E-state index in [-0.39, 0.29) is 24.3 Å². The zero-order valence-corrected chi connectivity index (χ0v) is 28.9. The summed E-state index contributed by atoms with van der Waals surface area (Å²) in [5, 5.41) is 6.74. The average molecular weight is 646 g/mol. The Morgan fingerprint density at radius 2 is 1.72 bits per heavy atom. The number of amides is 2. The molecule has 256 valence electrons. The first kappa shape index (κ1) is 34.9. The maximum Gasteiger partial charge on any atom is 0.407 e. The summed E-state index contributed by atoms with van der Waals surface area (Å²) in [7, 11) is 1.73. The number of carbonyl (C=O) groups excluding carboxylic acids is 2. The Bertz CT molecular complexity index is 1440. The molecule has 1 aromatic heterocycles. The summed E-state index contributed by atoms with van der Waals surface area (Å²) in [6.07, 6.45) is 9.56. The maximum atomic E-state index is 13.9. The normalized spacial score (nSPS) is 18.3. The molecule has 47 heavy (non-hydrogen) atoms. The number of hydrogen-bond acceptors (Lipinski definition) is 6. The van der Waals surface area contributed by atoms with Gasteiger partial charge in [0.25, 0.3) is 0 Å². The number of imidazole rings is 1. The highest BCUT2D eigenvalue weighted by molar-refractivity contribution is 5.79. The highest BCUT2D eigenvalue weighted by atomic mass is 16.6. The molecule has 9 heteroatoms. The number of aromatic nitrogens is 2. The summed E-state index contributed by atoms with van der Waals surface area (Å²) >= 11 is 0. The van der Waals surface area contributed by atoms with Crippen LogP contribution in [-0.4, -0.2) is 70.9 Å². The minimum atomic E-state index is -0.625. The maximum absolute atomic E-state index is 13.9. The number of nitrogens with zero attached hydrogens (tertiary/aromatic N) is 3. The summed E-state index contributed by atoms with van der Waals surface area (Å²) in [4.78, 5) is 33.8. The Hall–Kier alpha value is -3.43. The fraction of sp³-hybridized carbons (Fsp3) is 0.605. The predicted molar refractivity (Wildman–Crippen MR) is 186 cm³/mol. The van der Waals surface area contributed by atoms with Crippen molar-refractivity contribution in [2.75, 3.05) is 26.8 Å². The van der Waals surface area contributed by atoms with E-state index >= 15 is 0 Å². The van der Waals surface area contributed by atoms with Crippen LogP contribution < -0.4 is 10.6 Å². The van der Waals surface area contributed by atoms with Crippen LogP contribution in [-0.2, 0) is 33.8 Å². The van der Waals surface area contributed by atoms with Crippen LogP contribution in [0.1, 0.15) is 101 Å². The first-order chi connectivity index (χ1) is 22.7. The van der Waals surface area contributed by atoms with Gasteiger partial charge in [0.15, 0.2) is 0 Å². The molecule has 0 spiro atoms. The van der Waals surface area contributed by atoms with Crippen molar-refractivity contribution in [1.29, 1.82) is 0 Å². The molecule has 2 amide bonds. The van der Waals surface area contributed by atoms with E-state index in [1.807, 2.05) is 31.7 Å². The summed E-state index contributed by atoms with van der Waals surface area (Å²) in [5.74, 6) is 1.24. The lowest BCUT2D eigenvalue weighted by Crippen LogP contribution is -2.46. The van der Waals surface area contributed by atoms with Crippen molar-refractivity contribution in [1.82, 2.24) is 25.1 Å². The standard InChI is InChI=1S/C38H55N5O4/c1-38(2,3)47-37(45)40-32(24-28-17-19-29(20-18-28)26-39-31-13-6-5-7-14-31)25-35(44)42-21-10-12-30(27-42)36-41-33-15-8-9-16-34(33)43(36)22-11-23-46-4/h8-9,15-20,30-32,39H,5-7,10-14,21-27H2,1-4H3,(H,40,45)/t30-,32-/m1/s1. The van der Waals surface area contributed by atoms with E-state index in [0.717, 1.165) is 54.8 Å². The third-order valence-corrected chi connectivity index (χ3v) is 9.40. The number of nitrogens with one attached hydrogen (secondary N) is 2. The van der Waals surface area contributed by atoms with Gasteiger partial charge >= 0.3 is 6.09 Å². The van der Waals surface area contributed by atoms with Crippen LogP contribution in [0.15, 0.2) is 48.5 Å². The van der Waals surface area contributed by atoms with Crippen LogP contribution in [0.25, 0.3) is 11.0 Å². The van der Waals surface area contributed by atoms with E-state index in [1.54, 1.807) is 7.11 Å². The van der Waals surface area contributed by atoms with Crippen molar-refractivity contribution in [3.63, 3.8) is 0 Å². The molecule has 2 N–H and O–H groups in total. The predicted octanol–water partition coefficient (Wildman–Crippen LogP) is 6.73. The molecule has 2 aromatic carbocycles. The fourth-order valence-corrected chi connectivity index (χ4v) is 7.06. The lowest BCUT2D eigenvalue weighted by atomic mass is 9.95. The molecule has 3 aromatic rings. The van der Waals surface area contributed by atoms with Gasteiger partial charge in [-0.1, -0.05) is 55.7 Å². The van der Waals surface area contributed by atoms with Crippen LogP contribution in [0.4, 0.5) is 4.79 Å². The Kier molecular flexibility index (Phi) is 12.3. The van der Waals surface area contributed by atoms with Crippen LogP contribution >= 0.6 is 0 Å². The van der Waals surface area contributed by atoms with Gasteiger partial charge in [-0.15, -0.1) is 0 Å². The van der Waals surface area contributed by atoms with Gasteiger partial charge < -0.3 is 29.6 Å². The van der Waals surface area contributed by atoms with E-state index < -0.39 is 11.7 Å². The molecular weight excluding hydrogens is 590 g/mol. The van der Waals surface area contributed by atoms with E-state index in [0.29, 0.717) is 32.2 Å². The molecule has 2 heterocycles. The van der Waals surface area contributed by atoms with Crippen molar-refractivity contribution in [2.24, 2.45) is 0 Å². The summed E-state index contributed by atoms with van der Waals surface area (Å²) < 4.78 is 13.2. The fourth-order valence-electron chi connectivity index (χ4n) is 7.06. The van der Waals surface area contributed by atoms with E-state index in [1.165, 1.54) is 37.7 Å². The molecule has 9 nitrogen and oxygen atoms in total. The molecular formula is C38H55N5O4. The van der Waals surface area contributed by atoms with Crippen molar-refractivity contribution < 1.29 is 19.1 Å². The number of carbonyl (C=O) groups is 2. The number of likely N-dealkylation sites (tertiary alicyclic amines) is 1. The number of ether oxygens (including phenoxy) is 2. The first-order valence-corrected chi connectivity index (χ1v) is 17.7. The second-order valence-electron chi connectivity index (χ2n) is 14.4. The van der Waals surface area contributed by atoms with Gasteiger partial charge in [-0.05, 0) is 82.6 Å². The molecule has 1 saturated carbocycles. The first-order valence-electron chi connectivity index (χ1n) is 17.7. The molecule has 1 aliphatic carbocycles. The van der Waals surface area contributed by atoms with Crippen LogP contribution in [0, 0.1) is 0 Å². The summed E-state index contributed by atoms with van der Waals surface area (Å²) in [6, 6.07) is 17.0. The van der Waals surface area contributed by atoms with Crippen LogP contribution in [0.3, 0.4) is 0 Å². The third-order valence-electron chi connectivity index (χ3n) is 9.40. The molecule has 2 fully saturated rings. The van der Waals surface area contributed by atoms with Crippen molar-refractivity contribution in [3.8, 4) is 0 Å². The number of para-hydroxylation sites is 2. The Labute approximate surface area is 280 Å². The minimum absolute atomic E-state index is 0.0473. The molecule has 1 aliphatic heterocycles. The minimum Gasteiger partial charge on any atom is -0.444 e.